The van der Waals surface area contributed by atoms with Gasteiger partial charge in [-0.1, -0.05) is 17.7 Å². The van der Waals surface area contributed by atoms with Gasteiger partial charge in [-0.2, -0.15) is 5.26 Å². The molecule has 7 heteroatoms. The van der Waals surface area contributed by atoms with E-state index >= 15 is 0 Å². The second-order valence-corrected chi connectivity index (χ2v) is 4.87. The number of carbonyl (C=O) groups excluding carboxylic acids is 2. The molecule has 0 unspecified atom stereocenters. The molecule has 0 aliphatic rings. The lowest BCUT2D eigenvalue weighted by atomic mass is 10.2. The highest BCUT2D eigenvalue weighted by Gasteiger charge is 2.12. The number of amides is 1. The summed E-state index contributed by atoms with van der Waals surface area (Å²) in [5, 5.41) is 11.7. The molecule has 2 aromatic carbocycles. The molecule has 0 heterocycles. The molecule has 0 spiro atoms. The van der Waals surface area contributed by atoms with E-state index < -0.39 is 24.3 Å². The predicted molar refractivity (Wildman–Crippen MR) is 81.5 cm³/mol. The van der Waals surface area contributed by atoms with Crippen LogP contribution in [0.4, 0.5) is 10.1 Å². The Morgan fingerprint density at radius 2 is 2.04 bits per heavy atom. The van der Waals surface area contributed by atoms with Crippen molar-refractivity contribution in [2.45, 2.75) is 0 Å². The van der Waals surface area contributed by atoms with Crippen molar-refractivity contribution in [2.24, 2.45) is 0 Å². The Morgan fingerprint density at radius 1 is 1.26 bits per heavy atom. The van der Waals surface area contributed by atoms with Gasteiger partial charge in [0.2, 0.25) is 0 Å². The Balaban J connectivity index is 1.97. The molecule has 0 aliphatic carbocycles. The minimum Gasteiger partial charge on any atom is -0.452 e. The Bertz CT molecular complexity index is 802. The lowest BCUT2D eigenvalue weighted by Crippen LogP contribution is -2.21. The Labute approximate surface area is 136 Å². The van der Waals surface area contributed by atoms with E-state index in [9.17, 15) is 14.0 Å². The molecule has 0 bridgehead atoms. The van der Waals surface area contributed by atoms with E-state index in [0.29, 0.717) is 5.02 Å². The van der Waals surface area contributed by atoms with Crippen LogP contribution in [0.3, 0.4) is 0 Å². The number of nitriles is 1. The molecule has 1 N–H and O–H groups in total. The molecule has 1 amide bonds. The Kier molecular flexibility index (Phi) is 5.28. The summed E-state index contributed by atoms with van der Waals surface area (Å²) in [4.78, 5) is 23.5. The summed E-state index contributed by atoms with van der Waals surface area (Å²) in [7, 11) is 0. The van der Waals surface area contributed by atoms with Crippen LogP contribution < -0.4 is 5.32 Å². The van der Waals surface area contributed by atoms with Gasteiger partial charge in [0.15, 0.2) is 6.61 Å². The molecule has 2 rings (SSSR count). The zero-order valence-corrected chi connectivity index (χ0v) is 12.4. The number of nitrogens with one attached hydrogen (secondary N) is 1. The van der Waals surface area contributed by atoms with Crippen LogP contribution in [0.1, 0.15) is 15.9 Å². The number of hydrogen-bond donors (Lipinski definition) is 1. The Hall–Kier alpha value is -2.91. The fourth-order valence-corrected chi connectivity index (χ4v) is 1.91. The summed E-state index contributed by atoms with van der Waals surface area (Å²) in [5.74, 6) is -2.05. The smallest absolute Gasteiger partial charge is 0.338 e. The summed E-state index contributed by atoms with van der Waals surface area (Å²) in [6.45, 7) is -0.577. The zero-order chi connectivity index (χ0) is 16.8. The van der Waals surface area contributed by atoms with Crippen LogP contribution in [0.2, 0.25) is 5.02 Å². The first-order valence-corrected chi connectivity index (χ1v) is 6.79. The van der Waals surface area contributed by atoms with Gasteiger partial charge >= 0.3 is 5.97 Å². The molecule has 0 saturated carbocycles. The highest BCUT2D eigenvalue weighted by atomic mass is 35.5. The average Bonchev–Trinajstić information content (AvgIpc) is 2.53. The first-order chi connectivity index (χ1) is 11.0. The van der Waals surface area contributed by atoms with Crippen molar-refractivity contribution in [3.05, 3.63) is 64.4 Å². The van der Waals surface area contributed by atoms with Crippen molar-refractivity contribution in [2.75, 3.05) is 11.9 Å². The fraction of sp³-hybridized carbons (Fsp3) is 0.0625. The average molecular weight is 333 g/mol. The topological polar surface area (TPSA) is 79.2 Å². The van der Waals surface area contributed by atoms with Crippen molar-refractivity contribution in [1.29, 1.82) is 5.26 Å². The van der Waals surface area contributed by atoms with Crippen LogP contribution in [0.5, 0.6) is 0 Å². The van der Waals surface area contributed by atoms with Crippen LogP contribution >= 0.6 is 11.6 Å². The van der Waals surface area contributed by atoms with E-state index in [1.54, 1.807) is 0 Å². The van der Waals surface area contributed by atoms with Gasteiger partial charge < -0.3 is 10.1 Å². The molecule has 0 aromatic heterocycles. The highest BCUT2D eigenvalue weighted by molar-refractivity contribution is 6.31. The third kappa shape index (κ3) is 4.53. The fourth-order valence-electron chi connectivity index (χ4n) is 1.73. The zero-order valence-electron chi connectivity index (χ0n) is 11.7. The standard InChI is InChI=1S/C16H10ClFN2O3/c17-12-5-4-11(8-19)14(7-12)20-15(21)9-23-16(22)10-2-1-3-13(18)6-10/h1-7H,9H2,(H,20,21). The molecule has 0 radical (unpaired) electrons. The molecule has 2 aromatic rings. The van der Waals surface area contributed by atoms with Crippen LogP contribution in [0.15, 0.2) is 42.5 Å². The molecular formula is C16H10ClFN2O3. The molecule has 23 heavy (non-hydrogen) atoms. The van der Waals surface area contributed by atoms with E-state index in [4.69, 9.17) is 21.6 Å². The van der Waals surface area contributed by atoms with Gasteiger partial charge in [-0.15, -0.1) is 0 Å². The van der Waals surface area contributed by atoms with E-state index in [-0.39, 0.29) is 16.8 Å². The minimum absolute atomic E-state index is 0.00160. The number of halogens is 2. The summed E-state index contributed by atoms with van der Waals surface area (Å²) in [6.07, 6.45) is 0. The van der Waals surface area contributed by atoms with Crippen molar-refractivity contribution in [3.63, 3.8) is 0 Å². The third-order valence-corrected chi connectivity index (χ3v) is 3.01. The Morgan fingerprint density at radius 3 is 2.74 bits per heavy atom. The molecule has 0 fully saturated rings. The maximum absolute atomic E-state index is 13.0. The van der Waals surface area contributed by atoms with E-state index in [2.05, 4.69) is 5.32 Å². The number of nitrogens with zero attached hydrogens (tertiary/aromatic N) is 1. The van der Waals surface area contributed by atoms with Gasteiger partial charge in [-0.25, -0.2) is 9.18 Å². The molecule has 116 valence electrons. The van der Waals surface area contributed by atoms with E-state index in [1.807, 2.05) is 6.07 Å². The summed E-state index contributed by atoms with van der Waals surface area (Å²) < 4.78 is 17.8. The molecule has 0 atom stereocenters. The first-order valence-electron chi connectivity index (χ1n) is 6.42. The van der Waals surface area contributed by atoms with Crippen molar-refractivity contribution in [3.8, 4) is 6.07 Å². The third-order valence-electron chi connectivity index (χ3n) is 2.77. The van der Waals surface area contributed by atoms with Gasteiger partial charge in [-0.05, 0) is 36.4 Å². The summed E-state index contributed by atoms with van der Waals surface area (Å²) in [5.41, 5.74) is 0.435. The van der Waals surface area contributed by atoms with Gasteiger partial charge in [0.1, 0.15) is 11.9 Å². The maximum Gasteiger partial charge on any atom is 0.338 e. The maximum atomic E-state index is 13.0. The van der Waals surface area contributed by atoms with Gasteiger partial charge in [-0.3, -0.25) is 4.79 Å². The van der Waals surface area contributed by atoms with E-state index in [1.165, 1.54) is 36.4 Å². The number of hydrogen-bond acceptors (Lipinski definition) is 4. The summed E-state index contributed by atoms with van der Waals surface area (Å²) in [6, 6.07) is 11.2. The molecule has 5 nitrogen and oxygen atoms in total. The summed E-state index contributed by atoms with van der Waals surface area (Å²) >= 11 is 5.80. The van der Waals surface area contributed by atoms with Crippen molar-refractivity contribution in [1.82, 2.24) is 0 Å². The lowest BCUT2D eigenvalue weighted by Gasteiger charge is -2.08. The van der Waals surface area contributed by atoms with Crippen LogP contribution in [0, 0.1) is 17.1 Å². The largest absolute Gasteiger partial charge is 0.452 e. The second-order valence-electron chi connectivity index (χ2n) is 4.44. The lowest BCUT2D eigenvalue weighted by molar-refractivity contribution is -0.119. The number of esters is 1. The quantitative estimate of drug-likeness (QED) is 0.872. The number of carbonyl (C=O) groups is 2. The number of benzene rings is 2. The first kappa shape index (κ1) is 16.5. The second kappa shape index (κ2) is 7.38. The van der Waals surface area contributed by atoms with Crippen molar-refractivity contribution >= 4 is 29.2 Å². The number of ether oxygens (including phenoxy) is 1. The van der Waals surface area contributed by atoms with Gasteiger partial charge in [0, 0.05) is 5.02 Å². The number of anilines is 1. The predicted octanol–water partition coefficient (Wildman–Crippen LogP) is 3.15. The van der Waals surface area contributed by atoms with Gasteiger partial charge in [0.05, 0.1) is 16.8 Å². The van der Waals surface area contributed by atoms with Crippen LogP contribution in [0.25, 0.3) is 0 Å². The van der Waals surface area contributed by atoms with E-state index in [0.717, 1.165) is 6.07 Å². The molecular weight excluding hydrogens is 323 g/mol. The van der Waals surface area contributed by atoms with Crippen LogP contribution in [-0.4, -0.2) is 18.5 Å². The molecule has 0 saturated heterocycles. The van der Waals surface area contributed by atoms with Crippen molar-refractivity contribution < 1.29 is 18.7 Å². The van der Waals surface area contributed by atoms with Crippen LogP contribution in [-0.2, 0) is 9.53 Å². The molecule has 0 aliphatic heterocycles. The normalized spacial score (nSPS) is 9.78. The monoisotopic (exact) mass is 332 g/mol. The van der Waals surface area contributed by atoms with Gasteiger partial charge in [0.25, 0.3) is 5.91 Å². The highest BCUT2D eigenvalue weighted by Crippen LogP contribution is 2.20. The number of rotatable bonds is 4. The minimum atomic E-state index is -0.828. The SMILES string of the molecule is N#Cc1ccc(Cl)cc1NC(=O)COC(=O)c1cccc(F)c1.